The van der Waals surface area contributed by atoms with Gasteiger partial charge in [0.2, 0.25) is 0 Å². The summed E-state index contributed by atoms with van der Waals surface area (Å²) in [5.74, 6) is -3.33. The fraction of sp³-hybridized carbons (Fsp3) is 0.600. The maximum Gasteiger partial charge on any atom is 1.00 e. The predicted octanol–water partition coefficient (Wildman–Crippen LogP) is -6.72. The van der Waals surface area contributed by atoms with E-state index in [-0.39, 0.29) is 42.0 Å². The van der Waals surface area contributed by atoms with Crippen molar-refractivity contribution < 1.29 is 81.6 Å². The van der Waals surface area contributed by atoms with Gasteiger partial charge in [0.1, 0.15) is 0 Å². The van der Waals surface area contributed by atoms with Crippen LogP contribution in [0.4, 0.5) is 0 Å². The molecule has 0 aliphatic rings. The first kappa shape index (κ1) is 42.9. The van der Waals surface area contributed by atoms with Gasteiger partial charge < -0.3 is 44.3 Å². The molecule has 0 heterocycles. The van der Waals surface area contributed by atoms with Gasteiger partial charge in [-0.15, -0.1) is 0 Å². The largest absolute Gasteiger partial charge is 1.00 e. The fourth-order valence-corrected chi connectivity index (χ4v) is 0. The maximum absolute atomic E-state index is 9.00. The third-order valence-corrected chi connectivity index (χ3v) is 0.167. The third kappa shape index (κ3) is 771000. The van der Waals surface area contributed by atoms with E-state index in [1.807, 2.05) is 0 Å². The van der Waals surface area contributed by atoms with Crippen LogP contribution in [0.2, 0.25) is 0 Å². The predicted molar refractivity (Wildman–Crippen MR) is 71.3 cm³/mol. The van der Waals surface area contributed by atoms with Crippen molar-refractivity contribution in [1.82, 2.24) is 0 Å². The minimum atomic E-state index is -0.833. The zero-order valence-corrected chi connectivity index (χ0v) is 16.1. The molecular weight excluding hydrogens is 335 g/mol. The summed E-state index contributed by atoms with van der Waals surface area (Å²) >= 11 is 0. The quantitative estimate of drug-likeness (QED) is 0.244. The van der Waals surface area contributed by atoms with Gasteiger partial charge in [0, 0.05) is 40.8 Å². The summed E-state index contributed by atoms with van der Waals surface area (Å²) < 4.78 is 0. The van der Waals surface area contributed by atoms with Crippen LogP contribution < -0.4 is 53.4 Å². The first-order valence-corrected chi connectivity index (χ1v) is 5.03. The Bertz CT molecular complexity index is 201. The second-order valence-electron chi connectivity index (χ2n) is 2.65. The van der Waals surface area contributed by atoms with E-state index in [2.05, 4.69) is 0 Å². The van der Waals surface area contributed by atoms with E-state index in [9.17, 15) is 0 Å². The Morgan fingerprint density at radius 2 is 0.682 bits per heavy atom. The van der Waals surface area contributed by atoms with Crippen molar-refractivity contribution in [1.29, 1.82) is 0 Å². The minimum Gasteiger partial charge on any atom is -1.00 e. The molecule has 0 amide bonds. The summed E-state index contributed by atoms with van der Waals surface area (Å²) in [7, 11) is 0. The molecule has 130 valence electrons. The molecular formula is C10H24ClN2NaO8. The van der Waals surface area contributed by atoms with Gasteiger partial charge in [0.25, 0.3) is 23.9 Å². The number of hydrogen-bond acceptors (Lipinski definition) is 6. The van der Waals surface area contributed by atoms with Crippen LogP contribution in [-0.4, -0.2) is 57.4 Å². The number of aliphatic carboxylic acids is 4. The zero-order chi connectivity index (χ0) is 17.7. The van der Waals surface area contributed by atoms with E-state index in [0.717, 1.165) is 27.7 Å². The Morgan fingerprint density at radius 3 is 0.682 bits per heavy atom. The second kappa shape index (κ2) is 42.7. The molecule has 0 bridgehead atoms. The van der Waals surface area contributed by atoms with Crippen molar-refractivity contribution in [3.8, 4) is 0 Å². The van der Waals surface area contributed by atoms with Crippen LogP contribution in [0.3, 0.4) is 0 Å². The number of carbonyl (C=O) groups is 4. The molecule has 0 aliphatic carbocycles. The molecule has 0 fully saturated rings. The normalized spacial score (nSPS) is 5.91. The van der Waals surface area contributed by atoms with Crippen LogP contribution in [0.5, 0.6) is 0 Å². The average molecular weight is 359 g/mol. The number of carboxylic acids is 4. The Kier molecular flexibility index (Phi) is 83.3. The van der Waals surface area contributed by atoms with Gasteiger partial charge in [-0.3, -0.25) is 19.2 Å². The molecule has 0 aromatic rings. The Balaban J connectivity index is -0.0000000250. The molecule has 22 heavy (non-hydrogen) atoms. The number of rotatable bonds is 1. The monoisotopic (exact) mass is 358 g/mol. The summed E-state index contributed by atoms with van der Waals surface area (Å²) in [5, 5.41) is 29.7. The summed E-state index contributed by atoms with van der Waals surface area (Å²) in [4.78, 5) is 36.0. The molecule has 0 aliphatic heterocycles. The van der Waals surface area contributed by atoms with Gasteiger partial charge in [0.15, 0.2) is 0 Å². The standard InChI is InChI=1S/C2H8N2.4C2H4O2.ClH.Na/c3-1-2-4;4*1-2(3)4;;/h1-4H2;4*1H3,(H,3,4);1H;/q;;;;;;+1/p-1. The maximum atomic E-state index is 9.00. The molecule has 0 spiro atoms. The molecule has 0 rings (SSSR count). The molecule has 0 aromatic heterocycles. The molecule has 0 saturated carbocycles. The van der Waals surface area contributed by atoms with Crippen molar-refractivity contribution in [2.45, 2.75) is 27.7 Å². The molecule has 0 saturated heterocycles. The topological polar surface area (TPSA) is 201 Å². The third-order valence-electron chi connectivity index (χ3n) is 0.167. The number of halogens is 1. The van der Waals surface area contributed by atoms with Crippen LogP contribution in [0.1, 0.15) is 27.7 Å². The van der Waals surface area contributed by atoms with Crippen molar-refractivity contribution in [2.75, 3.05) is 13.1 Å². The van der Waals surface area contributed by atoms with Crippen LogP contribution in [0.25, 0.3) is 0 Å². The van der Waals surface area contributed by atoms with E-state index in [0.29, 0.717) is 13.1 Å². The first-order chi connectivity index (χ1) is 8.84. The molecule has 12 heteroatoms. The van der Waals surface area contributed by atoms with Crippen molar-refractivity contribution in [2.24, 2.45) is 11.5 Å². The number of carboxylic acid groups (broad SMARTS) is 4. The van der Waals surface area contributed by atoms with Gasteiger partial charge in [-0.1, -0.05) is 0 Å². The minimum absolute atomic E-state index is 0. The van der Waals surface area contributed by atoms with Crippen molar-refractivity contribution >= 4 is 23.9 Å². The summed E-state index contributed by atoms with van der Waals surface area (Å²) in [6.07, 6.45) is 0. The van der Waals surface area contributed by atoms with Crippen LogP contribution in [0.15, 0.2) is 0 Å². The van der Waals surface area contributed by atoms with Crippen LogP contribution in [0, 0.1) is 0 Å². The smallest absolute Gasteiger partial charge is 1.00 e. The van der Waals surface area contributed by atoms with Gasteiger partial charge in [0.05, 0.1) is 0 Å². The zero-order valence-electron chi connectivity index (χ0n) is 13.4. The van der Waals surface area contributed by atoms with Gasteiger partial charge >= 0.3 is 29.6 Å². The van der Waals surface area contributed by atoms with E-state index in [1.54, 1.807) is 0 Å². The number of nitrogens with two attached hydrogens (primary N) is 2. The molecule has 8 N–H and O–H groups in total. The molecule has 0 unspecified atom stereocenters. The summed E-state index contributed by atoms with van der Waals surface area (Å²) in [6, 6.07) is 0. The Labute approximate surface area is 157 Å². The van der Waals surface area contributed by atoms with Crippen molar-refractivity contribution in [3.63, 3.8) is 0 Å². The van der Waals surface area contributed by atoms with Crippen LogP contribution in [-0.2, 0) is 19.2 Å². The summed E-state index contributed by atoms with van der Waals surface area (Å²) in [5.41, 5.74) is 9.81. The fourth-order valence-electron chi connectivity index (χ4n) is 0. The molecule has 0 radical (unpaired) electrons. The van der Waals surface area contributed by atoms with Crippen LogP contribution >= 0.6 is 0 Å². The average Bonchev–Trinajstić information content (AvgIpc) is 2.13. The summed E-state index contributed by atoms with van der Waals surface area (Å²) in [6.45, 7) is 5.53. The second-order valence-corrected chi connectivity index (χ2v) is 2.65. The molecule has 10 nitrogen and oxygen atoms in total. The Hall–Kier alpha value is -0.910. The van der Waals surface area contributed by atoms with E-state index in [1.165, 1.54) is 0 Å². The SMILES string of the molecule is CC(=O)O.CC(=O)O.CC(=O)O.CC(=O)O.NCCN.[Cl-].[Na+]. The molecule has 0 atom stereocenters. The van der Waals surface area contributed by atoms with E-state index < -0.39 is 23.9 Å². The molecule has 0 aromatic carbocycles. The number of hydrogen-bond donors (Lipinski definition) is 6. The van der Waals surface area contributed by atoms with Gasteiger partial charge in [-0.25, -0.2) is 0 Å². The van der Waals surface area contributed by atoms with E-state index in [4.69, 9.17) is 51.1 Å². The Morgan fingerprint density at radius 1 is 0.636 bits per heavy atom. The van der Waals surface area contributed by atoms with Crippen molar-refractivity contribution in [3.05, 3.63) is 0 Å². The van der Waals surface area contributed by atoms with Gasteiger partial charge in [-0.2, -0.15) is 0 Å². The van der Waals surface area contributed by atoms with Gasteiger partial charge in [-0.05, 0) is 0 Å². The van der Waals surface area contributed by atoms with E-state index >= 15 is 0 Å². The first-order valence-electron chi connectivity index (χ1n) is 5.03.